The maximum absolute atomic E-state index is 12.5. The van der Waals surface area contributed by atoms with E-state index in [9.17, 15) is 18.0 Å². The molecule has 6 nitrogen and oxygen atoms in total. The Balaban J connectivity index is 1.66. The number of ether oxygens (including phenoxy) is 3. The van der Waals surface area contributed by atoms with Crippen LogP contribution in [0.1, 0.15) is 12.5 Å². The van der Waals surface area contributed by atoms with E-state index < -0.39 is 18.1 Å². The van der Waals surface area contributed by atoms with Crippen molar-refractivity contribution in [2.75, 3.05) is 18.7 Å². The predicted octanol–water partition coefficient (Wildman–Crippen LogP) is 4.37. The van der Waals surface area contributed by atoms with E-state index >= 15 is 0 Å². The van der Waals surface area contributed by atoms with Crippen LogP contribution in [-0.4, -0.2) is 30.6 Å². The summed E-state index contributed by atoms with van der Waals surface area (Å²) in [5.41, 5.74) is 1.04. The summed E-state index contributed by atoms with van der Waals surface area (Å²) in [4.78, 5) is 14.0. The third-order valence-electron chi connectivity index (χ3n) is 3.80. The van der Waals surface area contributed by atoms with E-state index in [0.29, 0.717) is 24.6 Å². The number of nitrogens with zero attached hydrogens (tertiary/aromatic N) is 1. The number of benzene rings is 2. The first-order chi connectivity index (χ1) is 12.8. The summed E-state index contributed by atoms with van der Waals surface area (Å²) >= 11 is 0. The van der Waals surface area contributed by atoms with Crippen molar-refractivity contribution in [3.8, 4) is 17.2 Å². The Morgan fingerprint density at radius 2 is 1.96 bits per heavy atom. The molecule has 1 N–H and O–H groups in total. The molecule has 0 saturated carbocycles. The average molecular weight is 382 g/mol. The molecule has 2 aromatic rings. The lowest BCUT2D eigenvalue weighted by molar-refractivity contribution is -0.274. The van der Waals surface area contributed by atoms with Crippen molar-refractivity contribution < 1.29 is 32.2 Å². The molecule has 144 valence electrons. The summed E-state index contributed by atoms with van der Waals surface area (Å²) in [5, 5.41) is 2.58. The van der Waals surface area contributed by atoms with E-state index in [1.54, 1.807) is 19.1 Å². The number of halogens is 3. The summed E-state index contributed by atoms with van der Waals surface area (Å²) in [6, 6.07) is 10.0. The lowest BCUT2D eigenvalue weighted by Crippen LogP contribution is -2.34. The molecule has 0 atom stereocenters. The minimum atomic E-state index is -4.79. The van der Waals surface area contributed by atoms with Crippen molar-refractivity contribution in [3.05, 3.63) is 48.0 Å². The van der Waals surface area contributed by atoms with Crippen LogP contribution < -0.4 is 19.5 Å². The van der Waals surface area contributed by atoms with Gasteiger partial charge < -0.3 is 24.4 Å². The van der Waals surface area contributed by atoms with Crippen LogP contribution in [0.15, 0.2) is 42.5 Å². The minimum Gasteiger partial charge on any atom is -0.454 e. The zero-order valence-electron chi connectivity index (χ0n) is 14.4. The first kappa shape index (κ1) is 18.7. The first-order valence-corrected chi connectivity index (χ1v) is 8.14. The van der Waals surface area contributed by atoms with E-state index in [2.05, 4.69) is 10.1 Å². The molecule has 3 rings (SSSR count). The summed E-state index contributed by atoms with van der Waals surface area (Å²) in [7, 11) is 0. The third-order valence-corrected chi connectivity index (χ3v) is 3.80. The van der Waals surface area contributed by atoms with E-state index in [-0.39, 0.29) is 12.5 Å². The van der Waals surface area contributed by atoms with E-state index in [0.717, 1.165) is 17.7 Å². The minimum absolute atomic E-state index is 0.160. The third kappa shape index (κ3) is 4.96. The molecule has 0 saturated heterocycles. The Bertz CT molecular complexity index is 826. The van der Waals surface area contributed by atoms with Crippen molar-refractivity contribution in [1.82, 2.24) is 4.90 Å². The molecule has 1 aliphatic rings. The lowest BCUT2D eigenvalue weighted by atomic mass is 10.2. The van der Waals surface area contributed by atoms with Gasteiger partial charge in [0, 0.05) is 24.8 Å². The molecule has 1 aliphatic heterocycles. The Labute approximate surface area is 153 Å². The molecule has 0 radical (unpaired) electrons. The fourth-order valence-electron chi connectivity index (χ4n) is 2.56. The number of nitrogens with one attached hydrogen (secondary N) is 1. The van der Waals surface area contributed by atoms with Crippen molar-refractivity contribution in [2.45, 2.75) is 19.8 Å². The Hall–Kier alpha value is -3.10. The normalized spacial score (nSPS) is 12.6. The molecule has 0 unspecified atom stereocenters. The monoisotopic (exact) mass is 382 g/mol. The van der Waals surface area contributed by atoms with Crippen LogP contribution in [-0.2, 0) is 6.54 Å². The second kappa shape index (κ2) is 7.65. The highest BCUT2D eigenvalue weighted by Crippen LogP contribution is 2.33. The van der Waals surface area contributed by atoms with Crippen LogP contribution in [0.25, 0.3) is 0 Å². The van der Waals surface area contributed by atoms with Gasteiger partial charge in [-0.1, -0.05) is 12.1 Å². The Morgan fingerprint density at radius 1 is 1.19 bits per heavy atom. The number of rotatable bonds is 5. The Kier molecular flexibility index (Phi) is 5.29. The SMILES string of the molecule is CCN(Cc1ccc2c(c1)OCO2)C(=O)Nc1cccc(OC(F)(F)F)c1. The highest BCUT2D eigenvalue weighted by Gasteiger charge is 2.31. The van der Waals surface area contributed by atoms with Gasteiger partial charge in [-0.15, -0.1) is 13.2 Å². The van der Waals surface area contributed by atoms with Crippen molar-refractivity contribution >= 4 is 11.7 Å². The molecule has 0 fully saturated rings. The second-order valence-electron chi connectivity index (χ2n) is 5.71. The summed E-state index contributed by atoms with van der Waals surface area (Å²) in [6.45, 7) is 2.67. The summed E-state index contributed by atoms with van der Waals surface area (Å²) in [6.07, 6.45) is -4.79. The summed E-state index contributed by atoms with van der Waals surface area (Å²) in [5.74, 6) is 0.854. The molecular weight excluding hydrogens is 365 g/mol. The maximum Gasteiger partial charge on any atom is 0.573 e. The van der Waals surface area contributed by atoms with Gasteiger partial charge in [0.2, 0.25) is 6.79 Å². The number of amides is 2. The van der Waals surface area contributed by atoms with Crippen molar-refractivity contribution in [1.29, 1.82) is 0 Å². The van der Waals surface area contributed by atoms with Gasteiger partial charge in [-0.3, -0.25) is 0 Å². The van der Waals surface area contributed by atoms with Crippen molar-refractivity contribution in [3.63, 3.8) is 0 Å². The highest BCUT2D eigenvalue weighted by atomic mass is 19.4. The van der Waals surface area contributed by atoms with Gasteiger partial charge in [0.1, 0.15) is 5.75 Å². The van der Waals surface area contributed by atoms with Crippen LogP contribution in [0.2, 0.25) is 0 Å². The number of carbonyl (C=O) groups is 1. The van der Waals surface area contributed by atoms with E-state index in [1.165, 1.54) is 17.0 Å². The van der Waals surface area contributed by atoms with Gasteiger partial charge in [-0.25, -0.2) is 4.79 Å². The van der Waals surface area contributed by atoms with Gasteiger partial charge in [-0.05, 0) is 36.8 Å². The maximum atomic E-state index is 12.5. The van der Waals surface area contributed by atoms with Crippen LogP contribution in [0.4, 0.5) is 23.7 Å². The number of urea groups is 1. The first-order valence-electron chi connectivity index (χ1n) is 8.14. The molecule has 0 spiro atoms. The molecule has 27 heavy (non-hydrogen) atoms. The zero-order valence-corrected chi connectivity index (χ0v) is 14.4. The fraction of sp³-hybridized carbons (Fsp3) is 0.278. The molecule has 9 heteroatoms. The molecule has 2 aromatic carbocycles. The number of anilines is 1. The van der Waals surface area contributed by atoms with Gasteiger partial charge in [0.25, 0.3) is 0 Å². The molecule has 1 heterocycles. The van der Waals surface area contributed by atoms with Gasteiger partial charge in [0.15, 0.2) is 11.5 Å². The molecule has 0 aliphatic carbocycles. The predicted molar refractivity (Wildman–Crippen MR) is 90.8 cm³/mol. The molecule has 0 bridgehead atoms. The topological polar surface area (TPSA) is 60.0 Å². The quantitative estimate of drug-likeness (QED) is 0.834. The largest absolute Gasteiger partial charge is 0.573 e. The summed E-state index contributed by atoms with van der Waals surface area (Å²) < 4.78 is 51.4. The number of fused-ring (bicyclic) bond motifs is 1. The van der Waals surface area contributed by atoms with Gasteiger partial charge >= 0.3 is 12.4 Å². The number of hydrogen-bond acceptors (Lipinski definition) is 4. The molecule has 2 amide bonds. The van der Waals surface area contributed by atoms with Crippen LogP contribution >= 0.6 is 0 Å². The van der Waals surface area contributed by atoms with Crippen LogP contribution in [0.5, 0.6) is 17.2 Å². The van der Waals surface area contributed by atoms with E-state index in [4.69, 9.17) is 9.47 Å². The fourth-order valence-corrected chi connectivity index (χ4v) is 2.56. The average Bonchev–Trinajstić information content (AvgIpc) is 3.06. The zero-order chi connectivity index (χ0) is 19.4. The molecule has 0 aromatic heterocycles. The van der Waals surface area contributed by atoms with Crippen LogP contribution in [0.3, 0.4) is 0 Å². The standard InChI is InChI=1S/C18H17F3N2O4/c1-2-23(10-12-6-7-15-16(8-12)26-11-25-15)17(24)22-13-4-3-5-14(9-13)27-18(19,20)21/h3-9H,2,10-11H2,1H3,(H,22,24). The van der Waals surface area contributed by atoms with Crippen molar-refractivity contribution in [2.24, 2.45) is 0 Å². The second-order valence-corrected chi connectivity index (χ2v) is 5.71. The van der Waals surface area contributed by atoms with E-state index in [1.807, 2.05) is 6.07 Å². The van der Waals surface area contributed by atoms with Crippen LogP contribution in [0, 0.1) is 0 Å². The van der Waals surface area contributed by atoms with Gasteiger partial charge in [0.05, 0.1) is 0 Å². The lowest BCUT2D eigenvalue weighted by Gasteiger charge is -2.22. The number of hydrogen-bond donors (Lipinski definition) is 1. The highest BCUT2D eigenvalue weighted by molar-refractivity contribution is 5.89. The Morgan fingerprint density at radius 3 is 2.70 bits per heavy atom. The smallest absolute Gasteiger partial charge is 0.454 e. The number of carbonyl (C=O) groups excluding carboxylic acids is 1. The number of alkyl halides is 3. The van der Waals surface area contributed by atoms with Gasteiger partial charge in [-0.2, -0.15) is 0 Å². The molecular formula is C18H17F3N2O4.